The number of aromatic nitrogens is 2. The zero-order valence-corrected chi connectivity index (χ0v) is 14.0. The van der Waals surface area contributed by atoms with E-state index in [9.17, 15) is 0 Å². The van der Waals surface area contributed by atoms with Gasteiger partial charge in [0.1, 0.15) is 0 Å². The Morgan fingerprint density at radius 2 is 1.71 bits per heavy atom. The smallest absolute Gasteiger partial charge is 0.205 e. The minimum atomic E-state index is 0.145. The molecule has 0 aliphatic heterocycles. The average Bonchev–Trinajstić information content (AvgIpc) is 2.73. The van der Waals surface area contributed by atoms with E-state index in [1.54, 1.807) is 0 Å². The normalized spacial score (nSPS) is 12.0. The van der Waals surface area contributed by atoms with E-state index in [4.69, 9.17) is 5.73 Å². The zero-order chi connectivity index (χ0) is 15.2. The van der Waals surface area contributed by atoms with Gasteiger partial charge in [-0.1, -0.05) is 48.8 Å². The molecule has 0 saturated heterocycles. The molecule has 0 fully saturated rings. The van der Waals surface area contributed by atoms with Crippen molar-refractivity contribution in [1.29, 1.82) is 0 Å². The number of anilines is 1. The molecule has 3 aromatic rings. The molecule has 0 aliphatic rings. The first-order chi connectivity index (χ1) is 9.86. The van der Waals surface area contributed by atoms with E-state index < -0.39 is 0 Å². The van der Waals surface area contributed by atoms with Crippen LogP contribution in [-0.4, -0.2) is 9.55 Å². The van der Waals surface area contributed by atoms with Gasteiger partial charge in [0, 0.05) is 10.2 Å². The fraction of sp³-hybridized carbons (Fsp3) is 0.235. The van der Waals surface area contributed by atoms with Crippen molar-refractivity contribution >= 4 is 32.9 Å². The minimum Gasteiger partial charge on any atom is -0.369 e. The highest BCUT2D eigenvalue weighted by atomic mass is 79.9. The summed E-state index contributed by atoms with van der Waals surface area (Å²) in [6, 6.07) is 14.5. The van der Waals surface area contributed by atoms with E-state index in [2.05, 4.69) is 66.0 Å². The van der Waals surface area contributed by atoms with Crippen LogP contribution in [0.5, 0.6) is 0 Å². The van der Waals surface area contributed by atoms with Gasteiger partial charge in [-0.15, -0.1) is 0 Å². The van der Waals surface area contributed by atoms with Crippen LogP contribution in [0.15, 0.2) is 46.9 Å². The summed E-state index contributed by atoms with van der Waals surface area (Å²) < 4.78 is 2.98. The van der Waals surface area contributed by atoms with Crippen LogP contribution in [0.3, 0.4) is 0 Å². The molecule has 0 amide bonds. The minimum absolute atomic E-state index is 0.145. The van der Waals surface area contributed by atoms with Crippen LogP contribution in [0.4, 0.5) is 5.95 Å². The van der Waals surface area contributed by atoms with Crippen molar-refractivity contribution in [3.8, 4) is 5.69 Å². The molecule has 0 saturated carbocycles. The number of fused-ring (bicyclic) bond motifs is 1. The van der Waals surface area contributed by atoms with Crippen molar-refractivity contribution in [2.75, 3.05) is 5.73 Å². The summed E-state index contributed by atoms with van der Waals surface area (Å²) >= 11 is 3.46. The predicted molar refractivity (Wildman–Crippen MR) is 91.9 cm³/mol. The zero-order valence-electron chi connectivity index (χ0n) is 12.4. The lowest BCUT2D eigenvalue weighted by Gasteiger charge is -2.19. The highest BCUT2D eigenvalue weighted by Crippen LogP contribution is 2.28. The van der Waals surface area contributed by atoms with E-state index in [0.29, 0.717) is 5.95 Å². The Morgan fingerprint density at radius 1 is 1.05 bits per heavy atom. The lowest BCUT2D eigenvalue weighted by atomic mass is 9.87. The Labute approximate surface area is 132 Å². The molecule has 0 radical (unpaired) electrons. The third-order valence-electron chi connectivity index (χ3n) is 3.63. The predicted octanol–water partition coefficient (Wildman–Crippen LogP) is 4.67. The van der Waals surface area contributed by atoms with E-state index in [0.717, 1.165) is 21.2 Å². The number of hydrogen-bond acceptors (Lipinski definition) is 2. The van der Waals surface area contributed by atoms with Crippen LogP contribution in [0.1, 0.15) is 26.3 Å². The summed E-state index contributed by atoms with van der Waals surface area (Å²) in [5.74, 6) is 0.506. The quantitative estimate of drug-likeness (QED) is 0.697. The van der Waals surface area contributed by atoms with Crippen LogP contribution in [0, 0.1) is 0 Å². The molecule has 2 N–H and O–H groups in total. The second kappa shape index (κ2) is 4.88. The van der Waals surface area contributed by atoms with Crippen LogP contribution in [0.2, 0.25) is 0 Å². The summed E-state index contributed by atoms with van der Waals surface area (Å²) in [5.41, 5.74) is 10.5. The van der Waals surface area contributed by atoms with Crippen molar-refractivity contribution in [2.24, 2.45) is 0 Å². The SMILES string of the molecule is CC(C)(C)c1ccc(-n2c(N)nc3cc(Br)ccc32)cc1. The molecule has 4 heteroatoms. The second-order valence-electron chi connectivity index (χ2n) is 6.24. The monoisotopic (exact) mass is 343 g/mol. The van der Waals surface area contributed by atoms with Crippen molar-refractivity contribution in [3.63, 3.8) is 0 Å². The van der Waals surface area contributed by atoms with Gasteiger partial charge in [0.05, 0.1) is 11.0 Å². The standard InChI is InChI=1S/C17H18BrN3/c1-17(2,3)11-4-7-13(8-5-11)21-15-9-6-12(18)10-14(15)20-16(21)19/h4-10H,1-3H3,(H2,19,20). The fourth-order valence-electron chi connectivity index (χ4n) is 2.45. The Hall–Kier alpha value is -1.81. The van der Waals surface area contributed by atoms with Gasteiger partial charge in [0.15, 0.2) is 0 Å². The number of nitrogens with zero attached hydrogens (tertiary/aromatic N) is 2. The molecule has 21 heavy (non-hydrogen) atoms. The second-order valence-corrected chi connectivity index (χ2v) is 7.15. The molecule has 1 aromatic heterocycles. The maximum atomic E-state index is 6.10. The van der Waals surface area contributed by atoms with Gasteiger partial charge in [0.2, 0.25) is 5.95 Å². The maximum Gasteiger partial charge on any atom is 0.205 e. The highest BCUT2D eigenvalue weighted by Gasteiger charge is 2.14. The fourth-order valence-corrected chi connectivity index (χ4v) is 2.80. The number of halogens is 1. The van der Waals surface area contributed by atoms with E-state index in [1.165, 1.54) is 5.56 Å². The van der Waals surface area contributed by atoms with Crippen molar-refractivity contribution < 1.29 is 0 Å². The third kappa shape index (κ3) is 2.56. The van der Waals surface area contributed by atoms with Gasteiger partial charge in [-0.25, -0.2) is 4.98 Å². The van der Waals surface area contributed by atoms with Crippen LogP contribution in [-0.2, 0) is 5.41 Å². The molecule has 0 unspecified atom stereocenters. The Bertz CT molecular complexity index is 795. The molecular weight excluding hydrogens is 326 g/mol. The van der Waals surface area contributed by atoms with Gasteiger partial charge >= 0.3 is 0 Å². The van der Waals surface area contributed by atoms with Crippen molar-refractivity contribution in [3.05, 3.63) is 52.5 Å². The summed E-state index contributed by atoms with van der Waals surface area (Å²) in [4.78, 5) is 4.43. The molecule has 0 bridgehead atoms. The summed E-state index contributed by atoms with van der Waals surface area (Å²) in [7, 11) is 0. The number of imidazole rings is 1. The van der Waals surface area contributed by atoms with Crippen molar-refractivity contribution in [1.82, 2.24) is 9.55 Å². The molecule has 108 valence electrons. The Morgan fingerprint density at radius 3 is 2.33 bits per heavy atom. The van der Waals surface area contributed by atoms with Gasteiger partial charge in [-0.2, -0.15) is 0 Å². The maximum absolute atomic E-state index is 6.10. The van der Waals surface area contributed by atoms with Crippen LogP contribution < -0.4 is 5.73 Å². The highest BCUT2D eigenvalue weighted by molar-refractivity contribution is 9.10. The summed E-state index contributed by atoms with van der Waals surface area (Å²) in [6.07, 6.45) is 0. The molecular formula is C17H18BrN3. The van der Waals surface area contributed by atoms with Crippen LogP contribution in [0.25, 0.3) is 16.7 Å². The third-order valence-corrected chi connectivity index (χ3v) is 4.13. The number of hydrogen-bond donors (Lipinski definition) is 1. The first-order valence-electron chi connectivity index (χ1n) is 6.91. The molecule has 3 rings (SSSR count). The largest absolute Gasteiger partial charge is 0.369 e. The van der Waals surface area contributed by atoms with Crippen LogP contribution >= 0.6 is 15.9 Å². The number of rotatable bonds is 1. The Kier molecular flexibility index (Phi) is 3.29. The van der Waals surface area contributed by atoms with Crippen molar-refractivity contribution in [2.45, 2.75) is 26.2 Å². The van der Waals surface area contributed by atoms with Gasteiger partial charge in [-0.3, -0.25) is 4.57 Å². The first kappa shape index (κ1) is 14.1. The molecule has 1 heterocycles. The Balaban J connectivity index is 2.14. The molecule has 0 aliphatic carbocycles. The van der Waals surface area contributed by atoms with E-state index in [1.807, 2.05) is 22.8 Å². The molecule has 3 nitrogen and oxygen atoms in total. The topological polar surface area (TPSA) is 43.8 Å². The van der Waals surface area contributed by atoms with E-state index in [-0.39, 0.29) is 5.41 Å². The van der Waals surface area contributed by atoms with Gasteiger partial charge < -0.3 is 5.73 Å². The summed E-state index contributed by atoms with van der Waals surface area (Å²) in [6.45, 7) is 6.63. The van der Waals surface area contributed by atoms with E-state index >= 15 is 0 Å². The lowest BCUT2D eigenvalue weighted by Crippen LogP contribution is -2.11. The molecule has 0 atom stereocenters. The molecule has 0 spiro atoms. The average molecular weight is 344 g/mol. The van der Waals surface area contributed by atoms with Gasteiger partial charge in [0.25, 0.3) is 0 Å². The van der Waals surface area contributed by atoms with Gasteiger partial charge in [-0.05, 0) is 41.3 Å². The molecule has 2 aromatic carbocycles. The number of nitrogen functional groups attached to an aromatic ring is 1. The first-order valence-corrected chi connectivity index (χ1v) is 7.70. The lowest BCUT2D eigenvalue weighted by molar-refractivity contribution is 0.590. The number of nitrogens with two attached hydrogens (primary N) is 1. The number of benzene rings is 2. The summed E-state index contributed by atoms with van der Waals surface area (Å²) in [5, 5.41) is 0.